The summed E-state index contributed by atoms with van der Waals surface area (Å²) in [4.78, 5) is 257. The molecule has 0 saturated carbocycles. The van der Waals surface area contributed by atoms with Gasteiger partial charge in [0, 0.05) is 101 Å². The van der Waals surface area contributed by atoms with Crippen molar-refractivity contribution in [2.75, 3.05) is 36.6 Å². The molecule has 5 aromatic rings. The summed E-state index contributed by atoms with van der Waals surface area (Å²) in [5.74, 6) is -23.0. The van der Waals surface area contributed by atoms with Crippen LogP contribution in [0.2, 0.25) is 0 Å². The van der Waals surface area contributed by atoms with Gasteiger partial charge in [0.15, 0.2) is 5.78 Å². The van der Waals surface area contributed by atoms with Crippen molar-refractivity contribution in [1.82, 2.24) is 94.4 Å². The van der Waals surface area contributed by atoms with Crippen LogP contribution in [-0.4, -0.2) is 268 Å². The van der Waals surface area contributed by atoms with Crippen LogP contribution in [0.4, 0.5) is 0 Å². The number of Topliss-reactive ketones (excluding diaryl/α,β-unsaturated/α-hetero) is 1. The SMILES string of the molecule is CN[C@H]1CSSC[C@@H](C(=O)O)NC(=O)[C@H]([C@@H](C)O)NC(=O)[C@@]2(N)CSSC[C@H](NC(=O)[C@H](CC(=O)O)NC1=O)C(=O)N[C@@H](C)C(=O)N[C@@H](Cc1c[nH]c3ccccc13)C(=O)N[C@@H](Cc1cnc[nH]1)C(=O)N[C@@H](CC(C)C)C(=O)NCC(=O)N[C@@H](CCC(=O)O)C(=O)N[C@@H](CC(C)C)C(=O)N[C@@H](C(C)C)C(=O)N[C@@H](Cc1c[nH]c3ccccc13)C(=O)C2. The molecule has 2 fully saturated rings. The van der Waals surface area contributed by atoms with Crippen LogP contribution in [0.15, 0.2) is 73.4 Å². The average molecular weight is 1760 g/mol. The number of likely N-dealkylation sites (N-methyl/N-ethyl adjacent to an activating group) is 1. The van der Waals surface area contributed by atoms with Gasteiger partial charge in [-0.05, 0) is 81.2 Å². The molecule has 660 valence electrons. The molecule has 40 nitrogen and oxygen atoms in total. The van der Waals surface area contributed by atoms with Gasteiger partial charge in [0.25, 0.3) is 0 Å². The first-order valence-electron chi connectivity index (χ1n) is 39.1. The molecule has 3 aromatic heterocycles. The van der Waals surface area contributed by atoms with E-state index in [0.717, 1.165) is 28.5 Å². The van der Waals surface area contributed by atoms with E-state index in [9.17, 15) is 78.0 Å². The lowest BCUT2D eigenvalue weighted by Gasteiger charge is -2.32. The highest BCUT2D eigenvalue weighted by molar-refractivity contribution is 8.77. The van der Waals surface area contributed by atoms with Crippen LogP contribution in [0.25, 0.3) is 21.8 Å². The number of ketones is 1. The van der Waals surface area contributed by atoms with Crippen molar-refractivity contribution in [3.8, 4) is 0 Å². The van der Waals surface area contributed by atoms with E-state index in [-0.39, 0.29) is 49.7 Å². The van der Waals surface area contributed by atoms with Gasteiger partial charge in [0.2, 0.25) is 76.8 Å². The number of nitrogens with one attached hydrogen (secondary N) is 17. The van der Waals surface area contributed by atoms with Crippen molar-refractivity contribution >= 4 is 165 Å². The molecule has 2 saturated heterocycles. The zero-order valence-electron chi connectivity index (χ0n) is 68.0. The number of carboxylic acids is 3. The summed E-state index contributed by atoms with van der Waals surface area (Å²) in [5, 5.41) is 78.4. The fraction of sp³-hybridized carbons (Fsp3) is 0.532. The Labute approximate surface area is 711 Å². The van der Waals surface area contributed by atoms with Crippen LogP contribution >= 0.6 is 43.2 Å². The molecule has 0 radical (unpaired) electrons. The summed E-state index contributed by atoms with van der Waals surface area (Å²) < 4.78 is 0. The number of hydrogen-bond acceptors (Lipinski definition) is 25. The maximum absolute atomic E-state index is 15.6. The first kappa shape index (κ1) is 97.3. The minimum absolute atomic E-state index is 0.0718. The number of nitrogens with two attached hydrogens (primary N) is 1. The fourth-order valence-electron chi connectivity index (χ4n) is 13.0. The zero-order chi connectivity index (χ0) is 89.1. The summed E-state index contributed by atoms with van der Waals surface area (Å²) in [6.07, 6.45) is -0.620. The number of fused-ring (bicyclic) bond motifs is 7. The Kier molecular flexibility index (Phi) is 37.2. The average Bonchev–Trinajstić information content (AvgIpc) is 1.65. The third kappa shape index (κ3) is 29.5. The van der Waals surface area contributed by atoms with E-state index in [2.05, 4.69) is 94.4 Å². The number of para-hydroxylation sites is 2. The standard InChI is InChI=1S/C77H107N19O21S4/c1-36(2)20-50-65(105)83-30-59(99)86-48(18-19-60(100)101)66(106)90-51(21-37(3)4)70(110)95-62(38(5)6)73(113)87-49(22-41-27-81-46-16-12-10-14-44(41)46)58(98)26-77(78)34-121-120-32-56(93-69(109)54(25-61(102)103)92-71(111)55(79-9)31-118-119-33-57(75(115)116)94-74(114)63(40(8)97)96-76(77)117)72(112)85-39(7)64(104)88-52(23-42-28-82-47-17-13-11-15-45(42)47)67(107)91-53(68(108)89-50)24-43-29-80-35-84-43/h10-17,27-29,35-40,48-57,62-63,79,81-82,97H,18-26,30-34,78H2,1-9H3,(H,80,84)(H,83,105)(H,85,112)(H,86,99)(H,87,113)(H,88,104)(H,89,108)(H,90,106)(H,91,107)(H,92,111)(H,93,109)(H,94,114)(H,95,110)(H,96,117)(H,100,101)(H,102,103)(H,115,116)/t39-,40+,48-,49-,50-,51-,52-,53-,54-,55-,56-,57-,62-,63-,77-/m0/s1. The Morgan fingerprint density at radius 1 is 0.529 bits per heavy atom. The summed E-state index contributed by atoms with van der Waals surface area (Å²) in [6, 6.07) is -7.77. The third-order valence-corrected chi connectivity index (χ3v) is 24.6. The molecule has 0 spiro atoms. The molecule has 2 bridgehead atoms. The molecule has 2 aromatic carbocycles. The largest absolute Gasteiger partial charge is 0.481 e. The first-order chi connectivity index (χ1) is 57.2. The van der Waals surface area contributed by atoms with E-state index in [0.29, 0.717) is 60.2 Å². The topological polar surface area (TPSA) is 626 Å². The number of aromatic nitrogens is 4. The number of aliphatic hydroxyl groups is 1. The van der Waals surface area contributed by atoms with Gasteiger partial charge < -0.3 is 116 Å². The molecule has 13 amide bonds. The second kappa shape index (κ2) is 46.3. The second-order valence-corrected chi connectivity index (χ2v) is 35.8. The molecule has 23 N–H and O–H groups in total. The number of aliphatic carboxylic acids is 3. The van der Waals surface area contributed by atoms with Crippen molar-refractivity contribution in [2.45, 2.75) is 203 Å². The van der Waals surface area contributed by atoms with Crippen molar-refractivity contribution in [1.29, 1.82) is 0 Å². The van der Waals surface area contributed by atoms with E-state index in [1.807, 2.05) is 0 Å². The molecule has 7 rings (SSSR count). The minimum Gasteiger partial charge on any atom is -0.481 e. The van der Waals surface area contributed by atoms with Gasteiger partial charge in [-0.15, -0.1) is 0 Å². The van der Waals surface area contributed by atoms with Crippen LogP contribution in [0.3, 0.4) is 0 Å². The molecule has 15 atom stereocenters. The Morgan fingerprint density at radius 3 is 1.61 bits per heavy atom. The van der Waals surface area contributed by atoms with E-state index in [4.69, 9.17) is 5.73 Å². The number of imidazole rings is 1. The smallest absolute Gasteiger partial charge is 0.327 e. The van der Waals surface area contributed by atoms with E-state index in [1.165, 1.54) is 26.5 Å². The third-order valence-electron chi connectivity index (χ3n) is 19.7. The number of hydrogen-bond donors (Lipinski definition) is 22. The maximum atomic E-state index is 15.6. The maximum Gasteiger partial charge on any atom is 0.327 e. The molecular weight excluding hydrogens is 1660 g/mol. The van der Waals surface area contributed by atoms with Crippen molar-refractivity contribution in [2.24, 2.45) is 23.5 Å². The summed E-state index contributed by atoms with van der Waals surface area (Å²) in [6.45, 7) is 11.4. The van der Waals surface area contributed by atoms with Crippen molar-refractivity contribution in [3.05, 3.63) is 90.3 Å². The quantitative estimate of drug-likeness (QED) is 0.0395. The van der Waals surface area contributed by atoms with Crippen LogP contribution in [0.5, 0.6) is 0 Å². The zero-order valence-corrected chi connectivity index (χ0v) is 71.3. The highest BCUT2D eigenvalue weighted by Gasteiger charge is 2.44. The lowest BCUT2D eigenvalue weighted by Crippen LogP contribution is -2.64. The number of carbonyl (C=O) groups is 17. The van der Waals surface area contributed by atoms with Crippen molar-refractivity contribution in [3.63, 3.8) is 0 Å². The van der Waals surface area contributed by atoms with Gasteiger partial charge >= 0.3 is 17.9 Å². The summed E-state index contributed by atoms with van der Waals surface area (Å²) in [7, 11) is 4.47. The molecule has 2 aliphatic rings. The van der Waals surface area contributed by atoms with Crippen LogP contribution in [0.1, 0.15) is 111 Å². The molecular formula is C77H107N19O21S4. The normalized spacial score (nSPS) is 26.2. The highest BCUT2D eigenvalue weighted by atomic mass is 33.1. The number of amides is 13. The van der Waals surface area contributed by atoms with Crippen LogP contribution in [0, 0.1) is 17.8 Å². The molecule has 44 heteroatoms. The number of rotatable bonds is 19. The van der Waals surface area contributed by atoms with E-state index < -0.39 is 246 Å². The Hall–Kier alpha value is -10.8. The minimum atomic E-state index is -2.59. The summed E-state index contributed by atoms with van der Waals surface area (Å²) >= 11 is 0. The highest BCUT2D eigenvalue weighted by Crippen LogP contribution is 2.31. The van der Waals surface area contributed by atoms with Crippen molar-refractivity contribution < 1.29 is 102 Å². The van der Waals surface area contributed by atoms with Gasteiger partial charge in [0.1, 0.15) is 72.0 Å². The number of aliphatic hydroxyl groups excluding tert-OH is 1. The predicted octanol–water partition coefficient (Wildman–Crippen LogP) is -2.06. The Morgan fingerprint density at radius 2 is 1.05 bits per heavy atom. The number of benzene rings is 2. The van der Waals surface area contributed by atoms with E-state index in [1.54, 1.807) is 102 Å². The van der Waals surface area contributed by atoms with E-state index >= 15 is 24.0 Å². The molecule has 5 heterocycles. The van der Waals surface area contributed by atoms with Gasteiger partial charge in [-0.25, -0.2) is 9.78 Å². The number of nitrogens with zero attached hydrogens (tertiary/aromatic N) is 1. The van der Waals surface area contributed by atoms with Gasteiger partial charge in [-0.3, -0.25) is 76.7 Å². The lowest BCUT2D eigenvalue weighted by molar-refractivity contribution is -0.142. The molecule has 0 aliphatic carbocycles. The number of carbonyl (C=O) groups excluding carboxylic acids is 14. The predicted molar refractivity (Wildman–Crippen MR) is 450 cm³/mol. The van der Waals surface area contributed by atoms with Gasteiger partial charge in [-0.1, -0.05) is 121 Å². The number of H-pyrrole nitrogens is 3. The first-order valence-corrected chi connectivity index (χ1v) is 44.0. The Bertz CT molecular complexity index is 4550. The molecule has 2 aliphatic heterocycles. The summed E-state index contributed by atoms with van der Waals surface area (Å²) in [5.41, 5.74) is 6.97. The molecule has 121 heavy (non-hydrogen) atoms. The molecule has 0 unspecified atom stereocenters. The van der Waals surface area contributed by atoms with Gasteiger partial charge in [-0.2, -0.15) is 0 Å². The van der Waals surface area contributed by atoms with Gasteiger partial charge in [0.05, 0.1) is 37.5 Å². The number of carboxylic acid groups (broad SMARTS) is 3. The van der Waals surface area contributed by atoms with Crippen LogP contribution < -0.4 is 80.2 Å². The lowest BCUT2D eigenvalue weighted by atomic mass is 9.89. The monoisotopic (exact) mass is 1760 g/mol. The van der Waals surface area contributed by atoms with Crippen LogP contribution in [-0.2, 0) is 101 Å². The fourth-order valence-corrected chi connectivity index (χ4v) is 18.0. The Balaban J connectivity index is 1.37. The second-order valence-electron chi connectivity index (χ2n) is 30.8. The number of aromatic amines is 3.